The first-order valence-electron chi connectivity index (χ1n) is 3.05. The van der Waals surface area contributed by atoms with Crippen molar-refractivity contribution in [2.45, 2.75) is 0 Å². The van der Waals surface area contributed by atoms with E-state index in [2.05, 4.69) is 4.74 Å². The molecule has 2 N–H and O–H groups in total. The number of carboxylic acids is 1. The smallest absolute Gasteiger partial charge is 0.478 e. The van der Waals surface area contributed by atoms with Gasteiger partial charge in [-0.1, -0.05) is 12.2 Å². The molecule has 0 aromatic carbocycles. The molecule has 0 heterocycles. The lowest BCUT2D eigenvalue weighted by Gasteiger charge is -1.88. The van der Waals surface area contributed by atoms with Crippen molar-refractivity contribution in [3.8, 4) is 0 Å². The molecular formula is C7H6O6. The monoisotopic (exact) mass is 186 g/mol. The van der Waals surface area contributed by atoms with E-state index in [9.17, 15) is 14.4 Å². The zero-order valence-electron chi connectivity index (χ0n) is 6.34. The van der Waals surface area contributed by atoms with Crippen molar-refractivity contribution in [1.82, 2.24) is 0 Å². The molecule has 0 amide bonds. The van der Waals surface area contributed by atoms with Gasteiger partial charge < -0.3 is 14.9 Å². The Balaban J connectivity index is 3.91. The van der Waals surface area contributed by atoms with Crippen LogP contribution >= 0.6 is 0 Å². The van der Waals surface area contributed by atoms with Crippen molar-refractivity contribution < 1.29 is 29.3 Å². The number of esters is 1. The fraction of sp³-hybridized carbons (Fsp3) is 0. The molecular weight excluding hydrogens is 180 g/mol. The van der Waals surface area contributed by atoms with Crippen LogP contribution in [0, 0.1) is 0 Å². The van der Waals surface area contributed by atoms with Gasteiger partial charge in [0.1, 0.15) is 0 Å². The molecule has 0 atom stereocenters. The molecule has 0 radical (unpaired) electrons. The average molecular weight is 186 g/mol. The molecule has 13 heavy (non-hydrogen) atoms. The highest BCUT2D eigenvalue weighted by Crippen LogP contribution is 1.84. The van der Waals surface area contributed by atoms with Gasteiger partial charge in [0.15, 0.2) is 0 Å². The van der Waals surface area contributed by atoms with Gasteiger partial charge in [-0.3, -0.25) is 0 Å². The third kappa shape index (κ3) is 7.79. The van der Waals surface area contributed by atoms with Crippen molar-refractivity contribution >= 4 is 18.1 Å². The van der Waals surface area contributed by atoms with Gasteiger partial charge in [-0.25, -0.2) is 14.4 Å². The van der Waals surface area contributed by atoms with E-state index in [0.717, 1.165) is 24.3 Å². The van der Waals surface area contributed by atoms with Crippen LogP contribution in [0.15, 0.2) is 24.3 Å². The molecule has 0 aromatic rings. The Morgan fingerprint density at radius 1 is 1.00 bits per heavy atom. The Kier molecular flexibility index (Phi) is 4.63. The number of hydrogen-bond acceptors (Lipinski definition) is 4. The molecule has 0 saturated carbocycles. The molecule has 0 aromatic heterocycles. The summed E-state index contributed by atoms with van der Waals surface area (Å²) in [6.07, 6.45) is 1.97. The van der Waals surface area contributed by atoms with Crippen molar-refractivity contribution in [3.05, 3.63) is 24.3 Å². The second kappa shape index (κ2) is 5.53. The molecule has 0 aliphatic rings. The summed E-state index contributed by atoms with van der Waals surface area (Å²) in [7, 11) is 0. The maximum atomic E-state index is 10.4. The number of carboxylic acid groups (broad SMARTS) is 2. The van der Waals surface area contributed by atoms with Gasteiger partial charge in [-0.2, -0.15) is 0 Å². The first-order chi connectivity index (χ1) is 6.02. The predicted octanol–water partition coefficient (Wildman–Crippen LogP) is 0.405. The van der Waals surface area contributed by atoms with Crippen LogP contribution in [-0.4, -0.2) is 28.3 Å². The molecule has 0 spiro atoms. The lowest BCUT2D eigenvalue weighted by Crippen LogP contribution is -2.06. The molecule has 0 aliphatic heterocycles. The fourth-order valence-corrected chi connectivity index (χ4v) is 0.392. The van der Waals surface area contributed by atoms with Crippen LogP contribution in [-0.2, 0) is 14.3 Å². The minimum Gasteiger partial charge on any atom is -0.478 e. The minimum absolute atomic E-state index is 0.782. The molecule has 0 aliphatic carbocycles. The van der Waals surface area contributed by atoms with E-state index in [0.29, 0.717) is 0 Å². The van der Waals surface area contributed by atoms with E-state index in [-0.39, 0.29) is 0 Å². The van der Waals surface area contributed by atoms with Crippen LogP contribution in [0.5, 0.6) is 0 Å². The minimum atomic E-state index is -1.71. The van der Waals surface area contributed by atoms with E-state index in [4.69, 9.17) is 10.2 Å². The summed E-state index contributed by atoms with van der Waals surface area (Å²) < 4.78 is 3.67. The Labute approximate surface area is 72.7 Å². The summed E-state index contributed by atoms with van der Waals surface area (Å²) in [6, 6.07) is 0. The lowest BCUT2D eigenvalue weighted by molar-refractivity contribution is -0.133. The molecule has 6 nitrogen and oxygen atoms in total. The number of aliphatic carboxylic acids is 1. The number of ether oxygens (including phenoxy) is 1. The number of rotatable bonds is 3. The van der Waals surface area contributed by atoms with Crippen molar-refractivity contribution in [2.75, 3.05) is 0 Å². The Hall–Kier alpha value is -2.11. The fourth-order valence-electron chi connectivity index (χ4n) is 0.392. The predicted molar refractivity (Wildman–Crippen MR) is 40.0 cm³/mol. The number of allylic oxidation sites excluding steroid dienone is 2. The maximum absolute atomic E-state index is 10.4. The molecule has 0 saturated heterocycles. The maximum Gasteiger partial charge on any atom is 0.513 e. The summed E-state index contributed by atoms with van der Waals surface area (Å²) >= 11 is 0. The first-order valence-corrected chi connectivity index (χ1v) is 3.05. The summed E-state index contributed by atoms with van der Waals surface area (Å²) in [5.74, 6) is -2.25. The summed E-state index contributed by atoms with van der Waals surface area (Å²) in [4.78, 5) is 30.1. The second-order valence-electron chi connectivity index (χ2n) is 1.74. The van der Waals surface area contributed by atoms with Gasteiger partial charge in [-0.05, 0) is 0 Å². The normalized spacial score (nSPS) is 10.5. The topological polar surface area (TPSA) is 101 Å². The highest BCUT2D eigenvalue weighted by atomic mass is 16.7. The van der Waals surface area contributed by atoms with E-state index in [1.165, 1.54) is 0 Å². The first kappa shape index (κ1) is 10.9. The summed E-state index contributed by atoms with van der Waals surface area (Å²) in [5.41, 5.74) is 0. The van der Waals surface area contributed by atoms with E-state index < -0.39 is 18.1 Å². The van der Waals surface area contributed by atoms with Crippen LogP contribution in [0.25, 0.3) is 0 Å². The largest absolute Gasteiger partial charge is 0.513 e. The zero-order chi connectivity index (χ0) is 10.3. The molecule has 0 bridgehead atoms. The van der Waals surface area contributed by atoms with Crippen molar-refractivity contribution in [1.29, 1.82) is 0 Å². The molecule has 0 rings (SSSR count). The SMILES string of the molecule is O=C(O)/C=C\C=C/C(=O)OC(=O)O. The Morgan fingerprint density at radius 3 is 2.00 bits per heavy atom. The third-order valence-electron chi connectivity index (χ3n) is 0.770. The van der Waals surface area contributed by atoms with Gasteiger partial charge in [0.05, 0.1) is 0 Å². The van der Waals surface area contributed by atoms with Crippen LogP contribution in [0.3, 0.4) is 0 Å². The van der Waals surface area contributed by atoms with Gasteiger partial charge in [-0.15, -0.1) is 0 Å². The zero-order valence-corrected chi connectivity index (χ0v) is 6.34. The molecule has 70 valence electrons. The number of carbonyl (C=O) groups is 3. The highest BCUT2D eigenvalue weighted by molar-refractivity contribution is 5.89. The van der Waals surface area contributed by atoms with Crippen molar-refractivity contribution in [3.63, 3.8) is 0 Å². The quantitative estimate of drug-likeness (QED) is 0.286. The Morgan fingerprint density at radius 2 is 1.54 bits per heavy atom. The van der Waals surface area contributed by atoms with Crippen LogP contribution in [0.2, 0.25) is 0 Å². The van der Waals surface area contributed by atoms with E-state index in [1.807, 2.05) is 0 Å². The summed E-state index contributed by atoms with van der Waals surface area (Å²) in [5, 5.41) is 16.0. The van der Waals surface area contributed by atoms with Gasteiger partial charge >= 0.3 is 18.1 Å². The molecule has 0 unspecified atom stereocenters. The average Bonchev–Trinajstić information content (AvgIpc) is 1.96. The standard InChI is InChI=1S/C7H6O6/c8-5(9)3-1-2-4-6(10)13-7(11)12/h1-4H,(H,8,9)(H,11,12)/b3-1-,4-2-. The second-order valence-corrected chi connectivity index (χ2v) is 1.74. The van der Waals surface area contributed by atoms with Crippen LogP contribution < -0.4 is 0 Å². The lowest BCUT2D eigenvalue weighted by atomic mass is 10.4. The van der Waals surface area contributed by atoms with Crippen molar-refractivity contribution in [2.24, 2.45) is 0 Å². The molecule has 6 heteroatoms. The van der Waals surface area contributed by atoms with Gasteiger partial charge in [0.25, 0.3) is 0 Å². The highest BCUT2D eigenvalue weighted by Gasteiger charge is 2.01. The third-order valence-corrected chi connectivity index (χ3v) is 0.770. The van der Waals surface area contributed by atoms with Crippen LogP contribution in [0.4, 0.5) is 4.79 Å². The summed E-state index contributed by atoms with van der Waals surface area (Å²) in [6.45, 7) is 0. The van der Waals surface area contributed by atoms with Gasteiger partial charge in [0.2, 0.25) is 0 Å². The van der Waals surface area contributed by atoms with Gasteiger partial charge in [0, 0.05) is 12.2 Å². The number of hydrogen-bond donors (Lipinski definition) is 2. The Bertz CT molecular complexity index is 275. The molecule has 0 fully saturated rings. The number of carbonyl (C=O) groups excluding carboxylic acids is 1. The van der Waals surface area contributed by atoms with Crippen LogP contribution in [0.1, 0.15) is 0 Å². The van der Waals surface area contributed by atoms with E-state index >= 15 is 0 Å². The van der Waals surface area contributed by atoms with E-state index in [1.54, 1.807) is 0 Å².